The molecular formula is C23H26F2N4O3. The van der Waals surface area contributed by atoms with Crippen LogP contribution in [0.4, 0.5) is 19.3 Å². The van der Waals surface area contributed by atoms with Crippen LogP contribution in [0.1, 0.15) is 25.3 Å². The van der Waals surface area contributed by atoms with Crippen LogP contribution in [0.15, 0.2) is 48.5 Å². The molecule has 1 atom stereocenters. The third-order valence-electron chi connectivity index (χ3n) is 5.25. The summed E-state index contributed by atoms with van der Waals surface area (Å²) >= 11 is 0. The van der Waals surface area contributed by atoms with Gasteiger partial charge in [-0.05, 0) is 48.7 Å². The fourth-order valence-electron chi connectivity index (χ4n) is 3.61. The van der Waals surface area contributed by atoms with Gasteiger partial charge in [-0.2, -0.15) is 0 Å². The summed E-state index contributed by atoms with van der Waals surface area (Å²) in [6.45, 7) is 2.18. The summed E-state index contributed by atoms with van der Waals surface area (Å²) in [7, 11) is 0. The minimum atomic E-state index is -0.785. The lowest BCUT2D eigenvalue weighted by molar-refractivity contribution is -0.128. The third kappa shape index (κ3) is 6.76. The molecule has 2 aromatic rings. The van der Waals surface area contributed by atoms with E-state index in [4.69, 9.17) is 0 Å². The molecule has 3 rings (SSSR count). The molecule has 1 heterocycles. The molecule has 1 saturated heterocycles. The van der Waals surface area contributed by atoms with Gasteiger partial charge >= 0.3 is 6.03 Å². The predicted octanol–water partition coefficient (Wildman–Crippen LogP) is 2.82. The van der Waals surface area contributed by atoms with Crippen LogP contribution >= 0.6 is 0 Å². The fraction of sp³-hybridized carbons (Fsp3) is 0.348. The van der Waals surface area contributed by atoms with E-state index in [0.29, 0.717) is 31.6 Å². The molecule has 9 heteroatoms. The molecule has 2 aromatic carbocycles. The van der Waals surface area contributed by atoms with E-state index in [1.807, 2.05) is 0 Å². The summed E-state index contributed by atoms with van der Waals surface area (Å²) in [6.07, 6.45) is 1.33. The maximum atomic E-state index is 13.3. The Morgan fingerprint density at radius 2 is 1.72 bits per heavy atom. The summed E-state index contributed by atoms with van der Waals surface area (Å²) in [5.41, 5.74) is 1.11. The summed E-state index contributed by atoms with van der Waals surface area (Å²) in [5, 5.41) is 8.24. The number of piperidine rings is 1. The molecule has 1 aliphatic heterocycles. The van der Waals surface area contributed by atoms with Crippen LogP contribution in [-0.4, -0.2) is 47.9 Å². The third-order valence-corrected chi connectivity index (χ3v) is 5.25. The topological polar surface area (TPSA) is 90.5 Å². The number of hydrogen-bond acceptors (Lipinski definition) is 3. The summed E-state index contributed by atoms with van der Waals surface area (Å²) in [4.78, 5) is 38.3. The lowest BCUT2D eigenvalue weighted by atomic mass is 10.0. The van der Waals surface area contributed by atoms with Crippen LogP contribution in [0.5, 0.6) is 0 Å². The van der Waals surface area contributed by atoms with Crippen molar-refractivity contribution in [3.05, 3.63) is 65.7 Å². The Labute approximate surface area is 185 Å². The Kier molecular flexibility index (Phi) is 7.75. The van der Waals surface area contributed by atoms with Crippen molar-refractivity contribution in [3.8, 4) is 0 Å². The number of carbonyl (C=O) groups excluding carboxylic acids is 3. The van der Waals surface area contributed by atoms with Crippen LogP contribution in [0.25, 0.3) is 0 Å². The molecule has 0 aromatic heterocycles. The second kappa shape index (κ2) is 10.7. The number of amides is 4. The van der Waals surface area contributed by atoms with Crippen molar-refractivity contribution in [3.63, 3.8) is 0 Å². The van der Waals surface area contributed by atoms with Crippen LogP contribution < -0.4 is 16.0 Å². The standard InChI is InChI=1S/C23H26F2N4O3/c1-15(30)26-21(13-16-5-7-17(24)8-6-16)22(31)27-19-9-11-29(12-10-19)23(32)28-20-4-2-3-18(25)14-20/h2-8,14,19,21H,9-13H2,1H3,(H,26,30)(H,27,31)(H,28,32)/t21-/m1/s1. The molecule has 0 radical (unpaired) electrons. The molecule has 32 heavy (non-hydrogen) atoms. The largest absolute Gasteiger partial charge is 0.351 e. The van der Waals surface area contributed by atoms with Gasteiger partial charge in [-0.3, -0.25) is 9.59 Å². The molecule has 0 saturated carbocycles. The van der Waals surface area contributed by atoms with E-state index in [-0.39, 0.29) is 36.1 Å². The molecule has 0 bridgehead atoms. The van der Waals surface area contributed by atoms with Gasteiger partial charge in [0.05, 0.1) is 0 Å². The number of hydrogen-bond donors (Lipinski definition) is 3. The minimum absolute atomic E-state index is 0.148. The Hall–Kier alpha value is -3.49. The van der Waals surface area contributed by atoms with E-state index in [1.54, 1.807) is 23.1 Å². The molecule has 1 fully saturated rings. The van der Waals surface area contributed by atoms with Gasteiger partial charge in [-0.1, -0.05) is 18.2 Å². The normalized spacial score (nSPS) is 15.0. The monoisotopic (exact) mass is 444 g/mol. The Morgan fingerprint density at radius 3 is 2.34 bits per heavy atom. The number of carbonyl (C=O) groups is 3. The smallest absolute Gasteiger partial charge is 0.321 e. The van der Waals surface area contributed by atoms with Crippen molar-refractivity contribution in [1.82, 2.24) is 15.5 Å². The predicted molar refractivity (Wildman–Crippen MR) is 116 cm³/mol. The quantitative estimate of drug-likeness (QED) is 0.640. The van der Waals surface area contributed by atoms with Gasteiger partial charge < -0.3 is 20.9 Å². The second-order valence-corrected chi connectivity index (χ2v) is 7.79. The van der Waals surface area contributed by atoms with Gasteiger partial charge in [0.15, 0.2) is 0 Å². The van der Waals surface area contributed by atoms with E-state index >= 15 is 0 Å². The van der Waals surface area contributed by atoms with Crippen molar-refractivity contribution >= 4 is 23.5 Å². The number of benzene rings is 2. The fourth-order valence-corrected chi connectivity index (χ4v) is 3.61. The number of likely N-dealkylation sites (tertiary alicyclic amines) is 1. The molecule has 0 spiro atoms. The highest BCUT2D eigenvalue weighted by molar-refractivity contribution is 5.89. The zero-order valence-electron chi connectivity index (χ0n) is 17.7. The number of rotatable bonds is 6. The summed E-state index contributed by atoms with van der Waals surface area (Å²) in [5.74, 6) is -1.47. The van der Waals surface area contributed by atoms with E-state index in [1.165, 1.54) is 37.3 Å². The molecular weight excluding hydrogens is 418 g/mol. The molecule has 1 aliphatic rings. The first kappa shape index (κ1) is 23.2. The molecule has 0 aliphatic carbocycles. The molecule has 0 unspecified atom stereocenters. The number of nitrogens with one attached hydrogen (secondary N) is 3. The van der Waals surface area contributed by atoms with Crippen molar-refractivity contribution in [2.45, 2.75) is 38.3 Å². The first-order valence-corrected chi connectivity index (χ1v) is 10.4. The summed E-state index contributed by atoms with van der Waals surface area (Å²) in [6, 6.07) is 10.2. The number of nitrogens with zero attached hydrogens (tertiary/aromatic N) is 1. The van der Waals surface area contributed by atoms with Crippen LogP contribution in [0, 0.1) is 11.6 Å². The highest BCUT2D eigenvalue weighted by atomic mass is 19.1. The zero-order valence-corrected chi connectivity index (χ0v) is 17.7. The number of anilines is 1. The van der Waals surface area contributed by atoms with Gasteiger partial charge in [-0.15, -0.1) is 0 Å². The Bertz CT molecular complexity index is 960. The van der Waals surface area contributed by atoms with Gasteiger partial charge in [0.25, 0.3) is 0 Å². The average Bonchev–Trinajstić information content (AvgIpc) is 2.75. The second-order valence-electron chi connectivity index (χ2n) is 7.79. The van der Waals surface area contributed by atoms with Crippen LogP contribution in [-0.2, 0) is 16.0 Å². The SMILES string of the molecule is CC(=O)N[C@H](Cc1ccc(F)cc1)C(=O)NC1CCN(C(=O)Nc2cccc(F)c2)CC1. The van der Waals surface area contributed by atoms with Gasteiger partial charge in [-0.25, -0.2) is 13.6 Å². The first-order valence-electron chi connectivity index (χ1n) is 10.4. The zero-order chi connectivity index (χ0) is 23.1. The maximum Gasteiger partial charge on any atom is 0.321 e. The molecule has 3 N–H and O–H groups in total. The highest BCUT2D eigenvalue weighted by Gasteiger charge is 2.27. The highest BCUT2D eigenvalue weighted by Crippen LogP contribution is 2.15. The number of urea groups is 1. The average molecular weight is 444 g/mol. The van der Waals surface area contributed by atoms with Crippen molar-refractivity contribution in [2.75, 3.05) is 18.4 Å². The molecule has 4 amide bonds. The minimum Gasteiger partial charge on any atom is -0.351 e. The van der Waals surface area contributed by atoms with E-state index in [2.05, 4.69) is 16.0 Å². The van der Waals surface area contributed by atoms with Gasteiger partial charge in [0.2, 0.25) is 11.8 Å². The summed E-state index contributed by atoms with van der Waals surface area (Å²) < 4.78 is 26.4. The Morgan fingerprint density at radius 1 is 1.03 bits per heavy atom. The van der Waals surface area contributed by atoms with E-state index in [9.17, 15) is 23.2 Å². The molecule has 7 nitrogen and oxygen atoms in total. The number of halogens is 2. The molecule has 170 valence electrons. The maximum absolute atomic E-state index is 13.3. The van der Waals surface area contributed by atoms with Crippen molar-refractivity contribution < 1.29 is 23.2 Å². The lowest BCUT2D eigenvalue weighted by Gasteiger charge is -2.33. The first-order chi connectivity index (χ1) is 15.3. The van der Waals surface area contributed by atoms with Gasteiger partial charge in [0, 0.05) is 38.2 Å². The van der Waals surface area contributed by atoms with E-state index in [0.717, 1.165) is 5.56 Å². The van der Waals surface area contributed by atoms with Crippen LogP contribution in [0.3, 0.4) is 0 Å². The Balaban J connectivity index is 1.51. The lowest BCUT2D eigenvalue weighted by Crippen LogP contribution is -2.53. The van der Waals surface area contributed by atoms with Gasteiger partial charge in [0.1, 0.15) is 17.7 Å². The van der Waals surface area contributed by atoms with E-state index < -0.39 is 11.9 Å². The van der Waals surface area contributed by atoms with Crippen LogP contribution in [0.2, 0.25) is 0 Å². The van der Waals surface area contributed by atoms with Crippen molar-refractivity contribution in [1.29, 1.82) is 0 Å². The van der Waals surface area contributed by atoms with Crippen molar-refractivity contribution in [2.24, 2.45) is 0 Å².